The van der Waals surface area contributed by atoms with Crippen molar-refractivity contribution in [2.24, 2.45) is 0 Å². The molecule has 0 amide bonds. The molecule has 0 aliphatic carbocycles. The van der Waals surface area contributed by atoms with Crippen molar-refractivity contribution in [1.29, 1.82) is 5.26 Å². The van der Waals surface area contributed by atoms with Crippen LogP contribution in [0.1, 0.15) is 5.56 Å². The van der Waals surface area contributed by atoms with Gasteiger partial charge in [-0.1, -0.05) is 48.5 Å². The summed E-state index contributed by atoms with van der Waals surface area (Å²) >= 11 is 0. The van der Waals surface area contributed by atoms with Gasteiger partial charge in [0.2, 0.25) is 0 Å². The Labute approximate surface area is 245 Å². The number of furan rings is 1. The van der Waals surface area contributed by atoms with Crippen molar-refractivity contribution < 1.29 is 4.42 Å². The maximum Gasteiger partial charge on any atom is 0.187 e. The first kappa shape index (κ1) is 23.4. The molecule has 0 N–H and O–H groups in total. The van der Waals surface area contributed by atoms with E-state index in [9.17, 15) is 5.26 Å². The van der Waals surface area contributed by atoms with Crippen molar-refractivity contribution in [1.82, 2.24) is 9.13 Å². The lowest BCUT2D eigenvalue weighted by molar-refractivity contribution is 0.677. The molecule has 6 aromatic carbocycles. The highest BCUT2D eigenvalue weighted by molar-refractivity contribution is 6.28. The topological polar surface area (TPSA) is 51.1 Å². The molecule has 0 aliphatic rings. The predicted octanol–water partition coefficient (Wildman–Crippen LogP) is 10.2. The van der Waals surface area contributed by atoms with Gasteiger partial charge in [-0.05, 0) is 72.8 Å². The smallest absolute Gasteiger partial charge is 0.187 e. The molecule has 0 aliphatic heterocycles. The molecule has 0 saturated carbocycles. The minimum atomic E-state index is 0.619. The number of para-hydroxylation sites is 2. The van der Waals surface area contributed by atoms with E-state index < -0.39 is 0 Å². The zero-order valence-corrected chi connectivity index (χ0v) is 22.7. The van der Waals surface area contributed by atoms with Crippen molar-refractivity contribution in [3.05, 3.63) is 138 Å². The van der Waals surface area contributed by atoms with Gasteiger partial charge in [0.25, 0.3) is 0 Å². The van der Waals surface area contributed by atoms with Crippen LogP contribution in [0, 0.1) is 17.9 Å². The van der Waals surface area contributed by atoms with Crippen molar-refractivity contribution >= 4 is 71.2 Å². The highest BCUT2D eigenvalue weighted by atomic mass is 16.3. The number of hydrogen-bond donors (Lipinski definition) is 0. The molecule has 0 unspecified atom stereocenters. The van der Waals surface area contributed by atoms with E-state index in [1.165, 1.54) is 0 Å². The first-order chi connectivity index (χ1) is 21.2. The molecule has 5 nitrogen and oxygen atoms in total. The summed E-state index contributed by atoms with van der Waals surface area (Å²) in [7, 11) is 0. The van der Waals surface area contributed by atoms with Crippen LogP contribution in [0.3, 0.4) is 0 Å². The summed E-state index contributed by atoms with van der Waals surface area (Å²) in [4.78, 5) is 3.57. The van der Waals surface area contributed by atoms with Gasteiger partial charge in [0.1, 0.15) is 11.2 Å². The monoisotopic (exact) mass is 548 g/mol. The highest BCUT2D eigenvalue weighted by Gasteiger charge is 2.22. The van der Waals surface area contributed by atoms with Crippen LogP contribution in [0.2, 0.25) is 0 Å². The molecule has 0 radical (unpaired) electrons. The van der Waals surface area contributed by atoms with Crippen molar-refractivity contribution in [2.45, 2.75) is 0 Å². The van der Waals surface area contributed by atoms with Gasteiger partial charge in [-0.3, -0.25) is 0 Å². The molecular weight excluding hydrogens is 528 g/mol. The molecule has 9 aromatic rings. The summed E-state index contributed by atoms with van der Waals surface area (Å²) in [5.74, 6) is 0. The zero-order chi connectivity index (χ0) is 28.7. The lowest BCUT2D eigenvalue weighted by atomic mass is 10.1. The number of benzene rings is 6. The van der Waals surface area contributed by atoms with Gasteiger partial charge in [-0.2, -0.15) is 5.26 Å². The predicted molar refractivity (Wildman–Crippen MR) is 173 cm³/mol. The number of hydrogen-bond acceptors (Lipinski definition) is 2. The summed E-state index contributed by atoms with van der Waals surface area (Å²) < 4.78 is 11.4. The summed E-state index contributed by atoms with van der Waals surface area (Å²) in [6.45, 7) is 7.36. The van der Waals surface area contributed by atoms with Gasteiger partial charge in [0.05, 0.1) is 51.0 Å². The largest absolute Gasteiger partial charge is 0.455 e. The highest BCUT2D eigenvalue weighted by Crippen LogP contribution is 2.44. The van der Waals surface area contributed by atoms with Crippen LogP contribution >= 0.6 is 0 Å². The van der Waals surface area contributed by atoms with E-state index in [1.54, 1.807) is 0 Å². The van der Waals surface area contributed by atoms with Crippen LogP contribution in [0.4, 0.5) is 5.69 Å². The molecule has 9 rings (SSSR count). The fourth-order valence-electron chi connectivity index (χ4n) is 6.71. The Kier molecular flexibility index (Phi) is 4.68. The minimum Gasteiger partial charge on any atom is -0.455 e. The Morgan fingerprint density at radius 2 is 1.02 bits per heavy atom. The van der Waals surface area contributed by atoms with E-state index in [4.69, 9.17) is 11.0 Å². The first-order valence-electron chi connectivity index (χ1n) is 14.0. The molecule has 0 atom stereocenters. The summed E-state index contributed by atoms with van der Waals surface area (Å²) in [6.07, 6.45) is 0. The molecule has 0 saturated heterocycles. The molecule has 3 aromatic heterocycles. The standard InChI is InChI=1S/C38H20N4O/c1-40-24-12-16-26(17-13-24)42-32-9-5-3-7-30(32)36-34(42)21-19-28-27-18-20-33-35(37(27)43-38(28)36)29-6-2-4-8-31(29)41(33)25-14-10-23(22-39)11-15-25/h2-21H. The van der Waals surface area contributed by atoms with E-state index in [2.05, 4.69) is 92.8 Å². The van der Waals surface area contributed by atoms with Crippen LogP contribution in [-0.2, 0) is 0 Å². The van der Waals surface area contributed by atoms with Crippen LogP contribution < -0.4 is 0 Å². The molecular formula is C38H20N4O. The number of nitrogens with zero attached hydrogens (tertiary/aromatic N) is 4. The maximum absolute atomic E-state index is 9.34. The number of rotatable bonds is 2. The third kappa shape index (κ3) is 3.14. The fraction of sp³-hybridized carbons (Fsp3) is 0. The Balaban J connectivity index is 1.40. The van der Waals surface area contributed by atoms with Crippen LogP contribution in [0.5, 0.6) is 0 Å². The maximum atomic E-state index is 9.34. The average Bonchev–Trinajstić information content (AvgIpc) is 3.72. The van der Waals surface area contributed by atoms with Gasteiger partial charge in [0.15, 0.2) is 5.69 Å². The number of fused-ring (bicyclic) bond motifs is 11. The number of nitriles is 1. The lowest BCUT2D eigenvalue weighted by Gasteiger charge is -2.08. The molecule has 3 heterocycles. The van der Waals surface area contributed by atoms with Gasteiger partial charge >= 0.3 is 0 Å². The normalized spacial score (nSPS) is 11.7. The van der Waals surface area contributed by atoms with Crippen molar-refractivity contribution in [3.8, 4) is 17.4 Å². The van der Waals surface area contributed by atoms with E-state index in [0.717, 1.165) is 76.9 Å². The quantitative estimate of drug-likeness (QED) is 0.202. The minimum absolute atomic E-state index is 0.619. The van der Waals surface area contributed by atoms with E-state index in [0.29, 0.717) is 11.3 Å². The fourth-order valence-corrected chi connectivity index (χ4v) is 6.71. The van der Waals surface area contributed by atoms with Crippen LogP contribution in [0.15, 0.2) is 126 Å². The van der Waals surface area contributed by atoms with Gasteiger partial charge < -0.3 is 13.6 Å². The third-order valence-corrected chi connectivity index (χ3v) is 8.57. The molecule has 5 heteroatoms. The molecule has 0 spiro atoms. The second-order valence-electron chi connectivity index (χ2n) is 10.8. The lowest BCUT2D eigenvalue weighted by Crippen LogP contribution is -1.93. The second-order valence-corrected chi connectivity index (χ2v) is 10.8. The zero-order valence-electron chi connectivity index (χ0n) is 22.7. The Bertz CT molecular complexity index is 2490. The van der Waals surface area contributed by atoms with Gasteiger partial charge in [-0.15, -0.1) is 0 Å². The SMILES string of the molecule is [C-]#[N+]c1ccc(-n2c3ccccc3c3c4oc5c(ccc6c5c5ccccc5n6-c5ccc(C#N)cc5)c4ccc32)cc1. The Morgan fingerprint density at radius 1 is 0.535 bits per heavy atom. The van der Waals surface area contributed by atoms with Gasteiger partial charge in [0, 0.05) is 32.9 Å². The van der Waals surface area contributed by atoms with Crippen molar-refractivity contribution in [2.75, 3.05) is 0 Å². The third-order valence-electron chi connectivity index (χ3n) is 8.57. The molecule has 198 valence electrons. The molecule has 0 bridgehead atoms. The molecule has 43 heavy (non-hydrogen) atoms. The van der Waals surface area contributed by atoms with Crippen LogP contribution in [0.25, 0.3) is 81.8 Å². The van der Waals surface area contributed by atoms with E-state index >= 15 is 0 Å². The summed E-state index contributed by atoms with van der Waals surface area (Å²) in [5, 5.41) is 15.9. The number of aromatic nitrogens is 2. The van der Waals surface area contributed by atoms with Gasteiger partial charge in [-0.25, -0.2) is 4.85 Å². The first-order valence-corrected chi connectivity index (χ1v) is 14.0. The Morgan fingerprint density at radius 3 is 1.51 bits per heavy atom. The molecule has 0 fully saturated rings. The van der Waals surface area contributed by atoms with Crippen LogP contribution in [-0.4, -0.2) is 9.13 Å². The Hall–Kier alpha value is -6.30. The van der Waals surface area contributed by atoms with E-state index in [-0.39, 0.29) is 0 Å². The van der Waals surface area contributed by atoms with Crippen molar-refractivity contribution in [3.63, 3.8) is 0 Å². The second kappa shape index (κ2) is 8.60. The summed E-state index contributed by atoms with van der Waals surface area (Å²) in [5.41, 5.74) is 9.25. The van der Waals surface area contributed by atoms with E-state index in [1.807, 2.05) is 48.5 Å². The average molecular weight is 549 g/mol. The summed E-state index contributed by atoms with van der Waals surface area (Å²) in [6, 6.07) is 43.2.